The molecule has 41 heavy (non-hydrogen) atoms. The van der Waals surface area contributed by atoms with E-state index in [0.717, 1.165) is 21.8 Å². The average Bonchev–Trinajstić information content (AvgIpc) is 3.15. The zero-order chi connectivity index (χ0) is 30.8. The zero-order valence-corrected chi connectivity index (χ0v) is 27.4. The lowest BCUT2D eigenvalue weighted by atomic mass is 10.2. The van der Waals surface area contributed by atoms with Gasteiger partial charge in [-0.25, -0.2) is 20.0 Å². The van der Waals surface area contributed by atoms with E-state index in [2.05, 4.69) is 56.0 Å². The van der Waals surface area contributed by atoms with Gasteiger partial charge in [0.2, 0.25) is 0 Å². The Hall–Kier alpha value is -3.37. The number of fused-ring (bicyclic) bond motifs is 1. The van der Waals surface area contributed by atoms with Gasteiger partial charge >= 0.3 is 12.2 Å². The summed E-state index contributed by atoms with van der Waals surface area (Å²) in [5, 5.41) is 1.05. The number of nitrogens with zero attached hydrogens (tertiary/aromatic N) is 3. The van der Waals surface area contributed by atoms with Crippen molar-refractivity contribution < 1.29 is 23.5 Å². The molecule has 3 rings (SSSR count). The number of rotatable bonds is 6. The molecule has 0 spiro atoms. The Labute approximate surface area is 245 Å². The van der Waals surface area contributed by atoms with Gasteiger partial charge < -0.3 is 18.5 Å². The summed E-state index contributed by atoms with van der Waals surface area (Å²) in [7, 11) is -2.02. The lowest BCUT2D eigenvalue weighted by Crippen LogP contribution is -2.50. The minimum absolute atomic E-state index is 0.0654. The van der Waals surface area contributed by atoms with Crippen LogP contribution in [0.25, 0.3) is 11.0 Å². The standard InChI is InChI=1S/C31H46N4O5Si/c1-29(2,3)39-27(36)33-35(28(37)40-30(4,5)6)26-18-17-25-24(32-26)19-23(21-38-41(10,11)31(7,8)9)34(25)20-22-15-13-12-14-16-22/h12-19H,20-21H2,1-11H3,(H,33,36). The van der Waals surface area contributed by atoms with E-state index in [1.165, 1.54) is 0 Å². The van der Waals surface area contributed by atoms with Crippen molar-refractivity contribution in [3.63, 3.8) is 0 Å². The van der Waals surface area contributed by atoms with Crippen molar-refractivity contribution in [2.24, 2.45) is 0 Å². The van der Waals surface area contributed by atoms with Gasteiger partial charge in [-0.05, 0) is 83.4 Å². The summed E-state index contributed by atoms with van der Waals surface area (Å²) in [5.74, 6) is 0.200. The van der Waals surface area contributed by atoms with Gasteiger partial charge in [-0.3, -0.25) is 0 Å². The second-order valence-corrected chi connectivity index (χ2v) is 18.6. The fourth-order valence-electron chi connectivity index (χ4n) is 3.75. The molecule has 2 aromatic heterocycles. The summed E-state index contributed by atoms with van der Waals surface area (Å²) in [6.45, 7) is 22.7. The van der Waals surface area contributed by atoms with Gasteiger partial charge in [0, 0.05) is 12.2 Å². The van der Waals surface area contributed by atoms with E-state index in [1.54, 1.807) is 47.6 Å². The summed E-state index contributed by atoms with van der Waals surface area (Å²) in [6, 6.07) is 15.8. The van der Waals surface area contributed by atoms with E-state index in [1.807, 2.05) is 30.3 Å². The smallest absolute Gasteiger partial charge is 0.435 e. The quantitative estimate of drug-likeness (QED) is 0.235. The Balaban J connectivity index is 2.06. The first-order chi connectivity index (χ1) is 18.8. The molecule has 3 aromatic rings. The first kappa shape index (κ1) is 32.1. The predicted octanol–water partition coefficient (Wildman–Crippen LogP) is 7.79. The molecule has 9 nitrogen and oxygen atoms in total. The third-order valence-electron chi connectivity index (χ3n) is 6.81. The number of benzene rings is 1. The van der Waals surface area contributed by atoms with Gasteiger partial charge in [0.05, 0.1) is 17.6 Å². The summed E-state index contributed by atoms with van der Waals surface area (Å²) >= 11 is 0. The number of nitrogens with one attached hydrogen (secondary N) is 1. The number of ether oxygens (including phenoxy) is 2. The fourth-order valence-corrected chi connectivity index (χ4v) is 4.69. The van der Waals surface area contributed by atoms with Crippen LogP contribution in [0.2, 0.25) is 18.1 Å². The number of hydrazine groups is 1. The second kappa shape index (κ2) is 11.9. The molecule has 1 N–H and O–H groups in total. The summed E-state index contributed by atoms with van der Waals surface area (Å²) < 4.78 is 19.7. The maximum absolute atomic E-state index is 13.2. The highest BCUT2D eigenvalue weighted by Gasteiger charge is 2.37. The second-order valence-electron chi connectivity index (χ2n) is 13.8. The third kappa shape index (κ3) is 8.80. The molecule has 0 atom stereocenters. The summed E-state index contributed by atoms with van der Waals surface area (Å²) in [4.78, 5) is 30.6. The van der Waals surface area contributed by atoms with Crippen molar-refractivity contribution >= 4 is 37.4 Å². The van der Waals surface area contributed by atoms with E-state index >= 15 is 0 Å². The van der Waals surface area contributed by atoms with Crippen LogP contribution in [-0.4, -0.2) is 41.3 Å². The van der Waals surface area contributed by atoms with Crippen LogP contribution in [0.3, 0.4) is 0 Å². The van der Waals surface area contributed by atoms with Crippen LogP contribution in [0.5, 0.6) is 0 Å². The van der Waals surface area contributed by atoms with Gasteiger partial charge in [0.25, 0.3) is 0 Å². The highest BCUT2D eigenvalue weighted by atomic mass is 28.4. The molecule has 2 amide bonds. The molecule has 0 saturated carbocycles. The van der Waals surface area contributed by atoms with Gasteiger partial charge in [-0.1, -0.05) is 51.1 Å². The molecular formula is C31H46N4O5Si. The Morgan fingerprint density at radius 3 is 2.07 bits per heavy atom. The molecule has 0 aliphatic heterocycles. The molecule has 2 heterocycles. The van der Waals surface area contributed by atoms with Crippen LogP contribution in [-0.2, 0) is 27.1 Å². The van der Waals surface area contributed by atoms with Crippen LogP contribution in [0, 0.1) is 0 Å². The number of hydrogen-bond acceptors (Lipinski definition) is 6. The van der Waals surface area contributed by atoms with Crippen molar-refractivity contribution in [1.29, 1.82) is 0 Å². The maximum atomic E-state index is 13.2. The monoisotopic (exact) mass is 582 g/mol. The van der Waals surface area contributed by atoms with E-state index in [9.17, 15) is 9.59 Å². The first-order valence-electron chi connectivity index (χ1n) is 14.0. The van der Waals surface area contributed by atoms with Gasteiger partial charge in [-0.15, -0.1) is 0 Å². The van der Waals surface area contributed by atoms with E-state index < -0.39 is 31.7 Å². The molecule has 10 heteroatoms. The largest absolute Gasteiger partial charge is 0.443 e. The molecule has 0 aliphatic rings. The maximum Gasteiger partial charge on any atom is 0.435 e. The Morgan fingerprint density at radius 1 is 0.902 bits per heavy atom. The average molecular weight is 583 g/mol. The number of amides is 2. The topological polar surface area (TPSA) is 94.9 Å². The lowest BCUT2D eigenvalue weighted by Gasteiger charge is -2.36. The number of aromatic nitrogens is 2. The molecule has 0 radical (unpaired) electrons. The summed E-state index contributed by atoms with van der Waals surface area (Å²) in [5.41, 5.74) is 4.62. The summed E-state index contributed by atoms with van der Waals surface area (Å²) in [6.07, 6.45) is -1.57. The van der Waals surface area contributed by atoms with Crippen molar-refractivity contribution in [2.45, 2.75) is 105 Å². The van der Waals surface area contributed by atoms with Crippen LogP contribution >= 0.6 is 0 Å². The Bertz CT molecular complexity index is 1370. The van der Waals surface area contributed by atoms with Gasteiger partial charge in [-0.2, -0.15) is 5.01 Å². The molecule has 0 fully saturated rings. The Morgan fingerprint density at radius 2 is 1.51 bits per heavy atom. The number of carbonyl (C=O) groups is 2. The SMILES string of the molecule is CC(C)(C)OC(=O)NN(C(=O)OC(C)(C)C)c1ccc2c(cc(CO[Si](C)(C)C(C)(C)C)n2Cc2ccccc2)n1. The van der Waals surface area contributed by atoms with E-state index in [0.29, 0.717) is 18.7 Å². The number of pyridine rings is 1. The number of carbonyl (C=O) groups excluding carboxylic acids is 2. The minimum Gasteiger partial charge on any atom is -0.443 e. The van der Waals surface area contributed by atoms with Gasteiger partial charge in [0.1, 0.15) is 11.2 Å². The van der Waals surface area contributed by atoms with Crippen LogP contribution in [0.15, 0.2) is 48.5 Å². The van der Waals surface area contributed by atoms with E-state index in [4.69, 9.17) is 18.9 Å². The van der Waals surface area contributed by atoms with E-state index in [-0.39, 0.29) is 10.9 Å². The fraction of sp³-hybridized carbons (Fsp3) is 0.516. The Kier molecular flexibility index (Phi) is 9.29. The van der Waals surface area contributed by atoms with Crippen molar-refractivity contribution in [1.82, 2.24) is 15.0 Å². The van der Waals surface area contributed by atoms with Crippen molar-refractivity contribution in [3.8, 4) is 0 Å². The lowest BCUT2D eigenvalue weighted by molar-refractivity contribution is 0.0424. The van der Waals surface area contributed by atoms with Gasteiger partial charge in [0.15, 0.2) is 14.1 Å². The van der Waals surface area contributed by atoms with Crippen molar-refractivity contribution in [3.05, 3.63) is 59.8 Å². The molecule has 0 saturated heterocycles. The minimum atomic E-state index is -2.02. The molecule has 0 bridgehead atoms. The molecular weight excluding hydrogens is 536 g/mol. The van der Waals surface area contributed by atoms with Crippen LogP contribution in [0.4, 0.5) is 15.4 Å². The molecule has 0 aliphatic carbocycles. The number of hydrogen-bond donors (Lipinski definition) is 1. The number of anilines is 1. The molecule has 224 valence electrons. The first-order valence-corrected chi connectivity index (χ1v) is 16.9. The highest BCUT2D eigenvalue weighted by Crippen LogP contribution is 2.37. The highest BCUT2D eigenvalue weighted by molar-refractivity contribution is 6.74. The molecule has 1 aromatic carbocycles. The predicted molar refractivity (Wildman–Crippen MR) is 165 cm³/mol. The van der Waals surface area contributed by atoms with Crippen LogP contribution < -0.4 is 10.4 Å². The third-order valence-corrected chi connectivity index (χ3v) is 11.3. The normalized spacial score (nSPS) is 12.8. The van der Waals surface area contributed by atoms with Crippen molar-refractivity contribution in [2.75, 3.05) is 5.01 Å². The zero-order valence-electron chi connectivity index (χ0n) is 26.4. The van der Waals surface area contributed by atoms with Crippen LogP contribution in [0.1, 0.15) is 73.6 Å². The molecule has 0 unspecified atom stereocenters.